The van der Waals surface area contributed by atoms with Crippen LogP contribution in [0.4, 0.5) is 4.39 Å². The molecule has 4 heteroatoms. The lowest BCUT2D eigenvalue weighted by molar-refractivity contribution is 0.0373. The van der Waals surface area contributed by atoms with E-state index in [1.54, 1.807) is 6.20 Å². The SMILES string of the molecule is O=C(O[C@H](c1ccccc1)c1nccc2ccccc12)c1ccc(F)cc1. The first kappa shape index (κ1) is 16.9. The molecule has 0 saturated heterocycles. The maximum Gasteiger partial charge on any atom is 0.339 e. The molecule has 132 valence electrons. The van der Waals surface area contributed by atoms with E-state index in [9.17, 15) is 9.18 Å². The van der Waals surface area contributed by atoms with Crippen LogP contribution in [0.15, 0.2) is 91.1 Å². The Morgan fingerprint density at radius 3 is 2.33 bits per heavy atom. The van der Waals surface area contributed by atoms with E-state index in [2.05, 4.69) is 4.98 Å². The van der Waals surface area contributed by atoms with Gasteiger partial charge in [-0.25, -0.2) is 9.18 Å². The predicted molar refractivity (Wildman–Crippen MR) is 102 cm³/mol. The van der Waals surface area contributed by atoms with Gasteiger partial charge in [0, 0.05) is 11.6 Å². The predicted octanol–water partition coefficient (Wildman–Crippen LogP) is 5.32. The molecule has 1 heterocycles. The molecule has 3 aromatic carbocycles. The van der Waals surface area contributed by atoms with Crippen molar-refractivity contribution in [3.8, 4) is 0 Å². The number of nitrogens with zero attached hydrogens (tertiary/aromatic N) is 1. The van der Waals surface area contributed by atoms with E-state index in [-0.39, 0.29) is 5.56 Å². The number of hydrogen-bond donors (Lipinski definition) is 0. The molecule has 1 atom stereocenters. The van der Waals surface area contributed by atoms with Crippen molar-refractivity contribution in [3.05, 3.63) is 114 Å². The van der Waals surface area contributed by atoms with Gasteiger partial charge in [0.25, 0.3) is 0 Å². The van der Waals surface area contributed by atoms with Gasteiger partial charge in [-0.05, 0) is 41.3 Å². The van der Waals surface area contributed by atoms with Crippen molar-refractivity contribution in [2.75, 3.05) is 0 Å². The Bertz CT molecular complexity index is 1070. The molecule has 27 heavy (non-hydrogen) atoms. The summed E-state index contributed by atoms with van der Waals surface area (Å²) in [5, 5.41) is 1.93. The Morgan fingerprint density at radius 1 is 0.852 bits per heavy atom. The average molecular weight is 357 g/mol. The minimum atomic E-state index is -0.671. The van der Waals surface area contributed by atoms with E-state index in [4.69, 9.17) is 4.74 Å². The molecule has 4 aromatic rings. The van der Waals surface area contributed by atoms with E-state index in [0.717, 1.165) is 16.3 Å². The van der Waals surface area contributed by atoms with Crippen molar-refractivity contribution in [3.63, 3.8) is 0 Å². The molecule has 0 radical (unpaired) electrons. The van der Waals surface area contributed by atoms with Gasteiger partial charge in [-0.2, -0.15) is 0 Å². The van der Waals surface area contributed by atoms with Gasteiger partial charge in [0.05, 0.1) is 11.3 Å². The van der Waals surface area contributed by atoms with Gasteiger partial charge in [0.15, 0.2) is 6.10 Å². The number of halogens is 1. The number of pyridine rings is 1. The molecule has 0 spiro atoms. The van der Waals surface area contributed by atoms with Gasteiger partial charge < -0.3 is 4.74 Å². The van der Waals surface area contributed by atoms with Crippen molar-refractivity contribution >= 4 is 16.7 Å². The number of benzene rings is 3. The van der Waals surface area contributed by atoms with Crippen LogP contribution in [0, 0.1) is 5.82 Å². The number of hydrogen-bond acceptors (Lipinski definition) is 3. The van der Waals surface area contributed by atoms with Crippen LogP contribution in [0.2, 0.25) is 0 Å². The van der Waals surface area contributed by atoms with Crippen molar-refractivity contribution in [2.45, 2.75) is 6.10 Å². The number of rotatable bonds is 4. The number of aromatic nitrogens is 1. The van der Waals surface area contributed by atoms with Crippen LogP contribution in [0.3, 0.4) is 0 Å². The Balaban J connectivity index is 1.78. The Morgan fingerprint density at radius 2 is 1.56 bits per heavy atom. The van der Waals surface area contributed by atoms with Gasteiger partial charge in [-0.3, -0.25) is 4.98 Å². The van der Waals surface area contributed by atoms with E-state index in [1.165, 1.54) is 24.3 Å². The molecular weight excluding hydrogens is 341 g/mol. The fourth-order valence-electron chi connectivity index (χ4n) is 3.02. The minimum Gasteiger partial charge on any atom is -0.447 e. The maximum atomic E-state index is 13.2. The summed E-state index contributed by atoms with van der Waals surface area (Å²) in [5.74, 6) is -0.930. The lowest BCUT2D eigenvalue weighted by atomic mass is 10.0. The van der Waals surface area contributed by atoms with Gasteiger partial charge >= 0.3 is 5.97 Å². The second-order valence-electron chi connectivity index (χ2n) is 6.12. The first-order valence-corrected chi connectivity index (χ1v) is 8.57. The first-order chi connectivity index (χ1) is 13.2. The third kappa shape index (κ3) is 3.55. The first-order valence-electron chi connectivity index (χ1n) is 8.57. The van der Waals surface area contributed by atoms with Crippen LogP contribution in [-0.2, 0) is 4.74 Å². The minimum absolute atomic E-state index is 0.289. The summed E-state index contributed by atoms with van der Waals surface area (Å²) in [7, 11) is 0. The van der Waals surface area contributed by atoms with E-state index in [0.29, 0.717) is 5.69 Å². The zero-order valence-electron chi connectivity index (χ0n) is 14.4. The quantitative estimate of drug-likeness (QED) is 0.464. The molecule has 0 amide bonds. The number of fused-ring (bicyclic) bond motifs is 1. The van der Waals surface area contributed by atoms with Crippen molar-refractivity contribution in [1.82, 2.24) is 4.98 Å². The van der Waals surface area contributed by atoms with Crippen LogP contribution >= 0.6 is 0 Å². The highest BCUT2D eigenvalue weighted by Gasteiger charge is 2.23. The zero-order chi connectivity index (χ0) is 18.6. The standard InChI is InChI=1S/C23H16FNO2/c24-19-12-10-18(11-13-19)23(26)27-22(17-7-2-1-3-8-17)21-20-9-5-4-6-16(20)14-15-25-21/h1-15,22H/t22-/m1/s1. The molecule has 0 saturated carbocycles. The number of carbonyl (C=O) groups excluding carboxylic acids is 1. The molecule has 0 fully saturated rings. The smallest absolute Gasteiger partial charge is 0.339 e. The summed E-state index contributed by atoms with van der Waals surface area (Å²) in [6.45, 7) is 0. The molecule has 0 aliphatic carbocycles. The summed E-state index contributed by atoms with van der Waals surface area (Å²) < 4.78 is 19.0. The topological polar surface area (TPSA) is 39.2 Å². The van der Waals surface area contributed by atoms with Crippen LogP contribution < -0.4 is 0 Å². The molecule has 0 bridgehead atoms. The fraction of sp³-hybridized carbons (Fsp3) is 0.0435. The monoisotopic (exact) mass is 357 g/mol. The lowest BCUT2D eigenvalue weighted by Gasteiger charge is -2.19. The van der Waals surface area contributed by atoms with E-state index < -0.39 is 17.9 Å². The van der Waals surface area contributed by atoms with E-state index >= 15 is 0 Å². The lowest BCUT2D eigenvalue weighted by Crippen LogP contribution is -2.14. The third-order valence-electron chi connectivity index (χ3n) is 4.36. The number of esters is 1. The zero-order valence-corrected chi connectivity index (χ0v) is 14.4. The largest absolute Gasteiger partial charge is 0.447 e. The molecule has 4 rings (SSSR count). The molecule has 0 unspecified atom stereocenters. The summed E-state index contributed by atoms with van der Waals surface area (Å²) >= 11 is 0. The highest BCUT2D eigenvalue weighted by atomic mass is 19.1. The molecule has 0 N–H and O–H groups in total. The molecule has 0 aliphatic rings. The summed E-state index contributed by atoms with van der Waals surface area (Å²) in [5.41, 5.74) is 1.77. The maximum absolute atomic E-state index is 13.2. The molecule has 3 nitrogen and oxygen atoms in total. The Kier molecular flexibility index (Phi) is 4.62. The summed E-state index contributed by atoms with van der Waals surface area (Å²) in [6.07, 6.45) is 1.04. The van der Waals surface area contributed by atoms with Gasteiger partial charge in [0.2, 0.25) is 0 Å². The average Bonchev–Trinajstić information content (AvgIpc) is 2.73. The van der Waals surface area contributed by atoms with Crippen molar-refractivity contribution < 1.29 is 13.9 Å². The van der Waals surface area contributed by atoms with Crippen molar-refractivity contribution in [1.29, 1.82) is 0 Å². The second-order valence-corrected chi connectivity index (χ2v) is 6.12. The second kappa shape index (κ2) is 7.38. The number of carbonyl (C=O) groups is 1. The highest BCUT2D eigenvalue weighted by Crippen LogP contribution is 2.31. The third-order valence-corrected chi connectivity index (χ3v) is 4.36. The van der Waals surface area contributed by atoms with Crippen LogP contribution in [0.5, 0.6) is 0 Å². The fourth-order valence-corrected chi connectivity index (χ4v) is 3.02. The van der Waals surface area contributed by atoms with Gasteiger partial charge in [0.1, 0.15) is 5.82 Å². The normalized spacial score (nSPS) is 11.9. The van der Waals surface area contributed by atoms with Crippen LogP contribution in [-0.4, -0.2) is 11.0 Å². The highest BCUT2D eigenvalue weighted by molar-refractivity contribution is 5.90. The molecular formula is C23H16FNO2. The Labute approximate surface area is 156 Å². The van der Waals surface area contributed by atoms with Crippen LogP contribution in [0.25, 0.3) is 10.8 Å². The van der Waals surface area contributed by atoms with Crippen molar-refractivity contribution in [2.24, 2.45) is 0 Å². The molecule has 1 aromatic heterocycles. The van der Waals surface area contributed by atoms with Gasteiger partial charge in [-0.15, -0.1) is 0 Å². The van der Waals surface area contributed by atoms with Crippen LogP contribution in [0.1, 0.15) is 27.7 Å². The van der Waals surface area contributed by atoms with Gasteiger partial charge in [-0.1, -0.05) is 54.6 Å². The van der Waals surface area contributed by atoms with E-state index in [1.807, 2.05) is 60.7 Å². The Hall–Kier alpha value is -3.53. The summed E-state index contributed by atoms with van der Waals surface area (Å²) in [4.78, 5) is 17.2. The number of ether oxygens (including phenoxy) is 1. The molecule has 0 aliphatic heterocycles. The summed E-state index contributed by atoms with van der Waals surface area (Å²) in [6, 6.07) is 24.5.